The maximum Gasteiger partial charge on any atom is 0.224 e. The topological polar surface area (TPSA) is 55.0 Å². The molecule has 0 aliphatic carbocycles. The van der Waals surface area contributed by atoms with Gasteiger partial charge in [-0.1, -0.05) is 26.7 Å². The summed E-state index contributed by atoms with van der Waals surface area (Å²) in [6, 6.07) is 0. The second-order valence-electron chi connectivity index (χ2n) is 5.51. The maximum absolute atomic E-state index is 6.09. The van der Waals surface area contributed by atoms with Gasteiger partial charge in [-0.15, -0.1) is 0 Å². The highest BCUT2D eigenvalue weighted by atomic mass is 35.5. The second-order valence-corrected chi connectivity index (χ2v) is 5.85. The molecule has 106 valence electrons. The van der Waals surface area contributed by atoms with E-state index in [9.17, 15) is 0 Å². The zero-order valence-corrected chi connectivity index (χ0v) is 12.8. The molecule has 1 fully saturated rings. The lowest BCUT2D eigenvalue weighted by Gasteiger charge is -2.41. The zero-order valence-electron chi connectivity index (χ0n) is 12.0. The summed E-state index contributed by atoms with van der Waals surface area (Å²) in [5.41, 5.74) is 8.01. The van der Waals surface area contributed by atoms with Crippen LogP contribution in [-0.4, -0.2) is 23.1 Å². The molecule has 0 unspecified atom stereocenters. The number of rotatable bonds is 3. The van der Waals surface area contributed by atoms with E-state index in [1.54, 1.807) is 0 Å². The third-order valence-corrected chi connectivity index (χ3v) is 4.88. The molecule has 0 aromatic carbocycles. The van der Waals surface area contributed by atoms with Crippen LogP contribution in [0.5, 0.6) is 0 Å². The Kier molecular flexibility index (Phi) is 4.19. The minimum absolute atomic E-state index is 0.282. The molecule has 0 atom stereocenters. The summed E-state index contributed by atoms with van der Waals surface area (Å²) >= 11 is 5.95. The molecule has 1 aliphatic heterocycles. The molecular formula is C14H23ClN4. The van der Waals surface area contributed by atoms with Crippen molar-refractivity contribution in [3.63, 3.8) is 0 Å². The molecule has 19 heavy (non-hydrogen) atoms. The molecule has 1 aromatic rings. The first-order chi connectivity index (χ1) is 9.01. The van der Waals surface area contributed by atoms with Crippen molar-refractivity contribution in [1.82, 2.24) is 9.97 Å². The van der Waals surface area contributed by atoms with Gasteiger partial charge < -0.3 is 10.6 Å². The Bertz CT molecular complexity index is 447. The number of nitrogens with zero attached hydrogens (tertiary/aromatic N) is 3. The summed E-state index contributed by atoms with van der Waals surface area (Å²) in [6.45, 7) is 8.45. The lowest BCUT2D eigenvalue weighted by Crippen LogP contribution is -2.40. The molecule has 0 amide bonds. The molecule has 0 spiro atoms. The first-order valence-corrected chi connectivity index (χ1v) is 7.43. The summed E-state index contributed by atoms with van der Waals surface area (Å²) in [7, 11) is 0. The van der Waals surface area contributed by atoms with E-state index in [0.717, 1.165) is 24.6 Å². The lowest BCUT2D eigenvalue weighted by atomic mass is 9.74. The van der Waals surface area contributed by atoms with Gasteiger partial charge >= 0.3 is 0 Å². The normalized spacial score (nSPS) is 18.6. The number of hydrogen-bond donors (Lipinski definition) is 1. The van der Waals surface area contributed by atoms with Gasteiger partial charge in [0.05, 0.1) is 11.4 Å². The number of halogens is 1. The molecule has 2 N–H and O–H groups in total. The average Bonchev–Trinajstić information content (AvgIpc) is 2.43. The van der Waals surface area contributed by atoms with E-state index in [0.29, 0.717) is 11.1 Å². The van der Waals surface area contributed by atoms with Gasteiger partial charge in [0.1, 0.15) is 0 Å². The van der Waals surface area contributed by atoms with E-state index >= 15 is 0 Å². The van der Waals surface area contributed by atoms with E-state index in [-0.39, 0.29) is 5.28 Å². The number of aryl methyl sites for hydroxylation is 1. The number of hydrogen-bond acceptors (Lipinski definition) is 4. The van der Waals surface area contributed by atoms with Crippen LogP contribution in [0.4, 0.5) is 11.5 Å². The standard InChI is InChI=1S/C14H23ClN4/c1-4-14(5-2)6-8-19(9-7-14)12-11(16)10(3)17-13(15)18-12/h4-9,16H2,1-3H3. The number of nitrogen functional groups attached to an aromatic ring is 1. The zero-order chi connectivity index (χ0) is 14.0. The highest BCUT2D eigenvalue weighted by Crippen LogP contribution is 2.39. The van der Waals surface area contributed by atoms with Crippen LogP contribution in [0.25, 0.3) is 0 Å². The minimum atomic E-state index is 0.282. The van der Waals surface area contributed by atoms with Crippen molar-refractivity contribution in [1.29, 1.82) is 0 Å². The van der Waals surface area contributed by atoms with E-state index in [1.165, 1.54) is 25.7 Å². The third-order valence-electron chi connectivity index (χ3n) is 4.71. The van der Waals surface area contributed by atoms with E-state index in [4.69, 9.17) is 17.3 Å². The van der Waals surface area contributed by atoms with Gasteiger partial charge in [-0.3, -0.25) is 0 Å². The first-order valence-electron chi connectivity index (χ1n) is 7.06. The molecule has 1 aromatic heterocycles. The van der Waals surface area contributed by atoms with Crippen molar-refractivity contribution in [2.24, 2.45) is 5.41 Å². The average molecular weight is 283 g/mol. The van der Waals surface area contributed by atoms with Crippen molar-refractivity contribution >= 4 is 23.1 Å². The van der Waals surface area contributed by atoms with Gasteiger partial charge in [0.2, 0.25) is 5.28 Å². The van der Waals surface area contributed by atoms with Crippen LogP contribution in [0, 0.1) is 12.3 Å². The van der Waals surface area contributed by atoms with Crippen LogP contribution in [0.15, 0.2) is 0 Å². The molecule has 0 radical (unpaired) electrons. The largest absolute Gasteiger partial charge is 0.394 e. The summed E-state index contributed by atoms with van der Waals surface area (Å²) in [5.74, 6) is 0.804. The van der Waals surface area contributed by atoms with E-state index < -0.39 is 0 Å². The second kappa shape index (κ2) is 5.53. The highest BCUT2D eigenvalue weighted by molar-refractivity contribution is 6.28. The van der Waals surface area contributed by atoms with Crippen molar-refractivity contribution in [2.75, 3.05) is 23.7 Å². The van der Waals surface area contributed by atoms with Crippen LogP contribution in [0.1, 0.15) is 45.2 Å². The van der Waals surface area contributed by atoms with Crippen LogP contribution in [0.2, 0.25) is 5.28 Å². The fourth-order valence-corrected chi connectivity index (χ4v) is 3.13. The van der Waals surface area contributed by atoms with Crippen molar-refractivity contribution in [3.05, 3.63) is 11.0 Å². The molecule has 2 heterocycles. The number of piperidine rings is 1. The Morgan fingerprint density at radius 3 is 2.32 bits per heavy atom. The van der Waals surface area contributed by atoms with Gasteiger partial charge in [-0.05, 0) is 36.8 Å². The fraction of sp³-hybridized carbons (Fsp3) is 0.714. The molecule has 1 aliphatic rings. The molecule has 4 nitrogen and oxygen atoms in total. The third kappa shape index (κ3) is 2.78. The highest BCUT2D eigenvalue weighted by Gasteiger charge is 2.32. The van der Waals surface area contributed by atoms with Gasteiger partial charge in [-0.2, -0.15) is 4.98 Å². The van der Waals surface area contributed by atoms with Crippen molar-refractivity contribution < 1.29 is 0 Å². The van der Waals surface area contributed by atoms with Gasteiger partial charge in [-0.25, -0.2) is 4.98 Å². The van der Waals surface area contributed by atoms with E-state index in [1.807, 2.05) is 6.92 Å². The number of anilines is 2. The monoisotopic (exact) mass is 282 g/mol. The molecule has 5 heteroatoms. The fourth-order valence-electron chi connectivity index (χ4n) is 2.92. The first kappa shape index (κ1) is 14.4. The summed E-state index contributed by atoms with van der Waals surface area (Å²) in [6.07, 6.45) is 4.88. The van der Waals surface area contributed by atoms with Crippen LogP contribution in [-0.2, 0) is 0 Å². The molecular weight excluding hydrogens is 260 g/mol. The predicted octanol–water partition coefficient (Wildman–Crippen LogP) is 3.43. The minimum Gasteiger partial charge on any atom is -0.394 e. The summed E-state index contributed by atoms with van der Waals surface area (Å²) in [4.78, 5) is 10.7. The van der Waals surface area contributed by atoms with E-state index in [2.05, 4.69) is 28.7 Å². The lowest BCUT2D eigenvalue weighted by molar-refractivity contribution is 0.199. The predicted molar refractivity (Wildman–Crippen MR) is 80.7 cm³/mol. The Balaban J connectivity index is 2.18. The molecule has 2 rings (SSSR count). The summed E-state index contributed by atoms with van der Waals surface area (Å²) < 4.78 is 0. The maximum atomic E-state index is 6.09. The Morgan fingerprint density at radius 2 is 1.79 bits per heavy atom. The van der Waals surface area contributed by atoms with Gasteiger partial charge in [0.25, 0.3) is 0 Å². The molecule has 0 saturated carbocycles. The molecule has 1 saturated heterocycles. The Labute approximate surface area is 120 Å². The van der Waals surface area contributed by atoms with Crippen LogP contribution >= 0.6 is 11.6 Å². The van der Waals surface area contributed by atoms with Crippen molar-refractivity contribution in [2.45, 2.75) is 46.5 Å². The smallest absolute Gasteiger partial charge is 0.224 e. The van der Waals surface area contributed by atoms with Crippen LogP contribution in [0.3, 0.4) is 0 Å². The number of nitrogens with two attached hydrogens (primary N) is 1. The SMILES string of the molecule is CCC1(CC)CCN(c2nc(Cl)nc(C)c2N)CC1. The van der Waals surface area contributed by atoms with Gasteiger partial charge in [0.15, 0.2) is 5.82 Å². The Hall–Kier alpha value is -1.03. The summed E-state index contributed by atoms with van der Waals surface area (Å²) in [5, 5.41) is 0.282. The van der Waals surface area contributed by atoms with Gasteiger partial charge in [0, 0.05) is 13.1 Å². The quantitative estimate of drug-likeness (QED) is 0.863. The Morgan fingerprint density at radius 1 is 1.21 bits per heavy atom. The van der Waals surface area contributed by atoms with Crippen LogP contribution < -0.4 is 10.6 Å². The number of aromatic nitrogens is 2. The molecule has 0 bridgehead atoms. The van der Waals surface area contributed by atoms with Crippen molar-refractivity contribution in [3.8, 4) is 0 Å².